The molecule has 0 aliphatic heterocycles. The fraction of sp³-hybridized carbons (Fsp3) is 0.643. The normalized spacial score (nSPS) is 10.6. The van der Waals surface area contributed by atoms with E-state index < -0.39 is 0 Å². The number of ether oxygens (including phenoxy) is 3. The molecule has 0 aromatic carbocycles. The van der Waals surface area contributed by atoms with E-state index in [-0.39, 0.29) is 0 Å². The Morgan fingerprint density at radius 2 is 1.90 bits per heavy atom. The van der Waals surface area contributed by atoms with Crippen LogP contribution in [0.3, 0.4) is 0 Å². The molecule has 0 saturated heterocycles. The minimum atomic E-state index is 0.485. The van der Waals surface area contributed by atoms with Crippen LogP contribution in [0.25, 0.3) is 0 Å². The van der Waals surface area contributed by atoms with E-state index in [1.807, 2.05) is 19.1 Å². The number of aromatic nitrogens is 1. The third-order valence-corrected chi connectivity index (χ3v) is 2.82. The van der Waals surface area contributed by atoms with Crippen LogP contribution in [0.2, 0.25) is 0 Å². The van der Waals surface area contributed by atoms with E-state index in [0.29, 0.717) is 24.8 Å². The Morgan fingerprint density at radius 3 is 2.55 bits per heavy atom. The molecule has 0 fully saturated rings. The van der Waals surface area contributed by atoms with Gasteiger partial charge in [0.2, 0.25) is 5.88 Å². The summed E-state index contributed by atoms with van der Waals surface area (Å²) >= 11 is 0. The number of nitrogens with zero attached hydrogens (tertiary/aromatic N) is 2. The van der Waals surface area contributed by atoms with Crippen LogP contribution in [0.5, 0.6) is 5.88 Å². The SMILES string of the molecule is CCOc1nc(N(CCCOC)CCOC)ccc1N. The fourth-order valence-electron chi connectivity index (χ4n) is 1.81. The van der Waals surface area contributed by atoms with Crippen LogP contribution in [0, 0.1) is 0 Å². The minimum absolute atomic E-state index is 0.485. The quantitative estimate of drug-likeness (QED) is 0.657. The summed E-state index contributed by atoms with van der Waals surface area (Å²) in [5.41, 5.74) is 6.40. The average molecular weight is 283 g/mol. The van der Waals surface area contributed by atoms with Crippen molar-refractivity contribution in [2.75, 3.05) is 57.8 Å². The average Bonchev–Trinajstić information content (AvgIpc) is 2.45. The number of hydrogen-bond donors (Lipinski definition) is 1. The van der Waals surface area contributed by atoms with Gasteiger partial charge in [0.1, 0.15) is 5.82 Å². The first-order valence-corrected chi connectivity index (χ1v) is 6.85. The lowest BCUT2D eigenvalue weighted by atomic mass is 10.3. The number of nitrogen functional groups attached to an aromatic ring is 1. The number of anilines is 2. The topological polar surface area (TPSA) is 69.8 Å². The Kier molecular flexibility index (Phi) is 7.75. The van der Waals surface area contributed by atoms with Gasteiger partial charge in [-0.25, -0.2) is 0 Å². The van der Waals surface area contributed by atoms with Crippen molar-refractivity contribution >= 4 is 11.5 Å². The molecule has 0 aliphatic rings. The fourth-order valence-corrected chi connectivity index (χ4v) is 1.81. The van der Waals surface area contributed by atoms with Gasteiger partial charge in [0, 0.05) is 33.9 Å². The zero-order valence-electron chi connectivity index (χ0n) is 12.6. The van der Waals surface area contributed by atoms with Gasteiger partial charge in [-0.1, -0.05) is 0 Å². The molecule has 0 saturated carbocycles. The Labute approximate surface area is 120 Å². The molecule has 1 rings (SSSR count). The monoisotopic (exact) mass is 283 g/mol. The summed E-state index contributed by atoms with van der Waals surface area (Å²) < 4.78 is 15.7. The zero-order chi connectivity index (χ0) is 14.8. The number of methoxy groups -OCH3 is 2. The first-order valence-electron chi connectivity index (χ1n) is 6.85. The first-order chi connectivity index (χ1) is 9.72. The van der Waals surface area contributed by atoms with E-state index in [2.05, 4.69) is 9.88 Å². The lowest BCUT2D eigenvalue weighted by Crippen LogP contribution is -2.30. The van der Waals surface area contributed by atoms with Gasteiger partial charge < -0.3 is 24.8 Å². The molecule has 0 spiro atoms. The summed E-state index contributed by atoms with van der Waals surface area (Å²) in [5.74, 6) is 1.33. The second-order valence-electron chi connectivity index (χ2n) is 4.32. The van der Waals surface area contributed by atoms with Gasteiger partial charge in [-0.15, -0.1) is 0 Å². The van der Waals surface area contributed by atoms with Crippen LogP contribution in [-0.4, -0.2) is 52.1 Å². The Balaban J connectivity index is 2.79. The molecule has 20 heavy (non-hydrogen) atoms. The molecule has 1 aromatic heterocycles. The van der Waals surface area contributed by atoms with Crippen molar-refractivity contribution in [2.24, 2.45) is 0 Å². The van der Waals surface area contributed by atoms with Gasteiger partial charge in [0.15, 0.2) is 0 Å². The van der Waals surface area contributed by atoms with Crippen molar-refractivity contribution < 1.29 is 14.2 Å². The van der Waals surface area contributed by atoms with Crippen LogP contribution < -0.4 is 15.4 Å². The summed E-state index contributed by atoms with van der Waals surface area (Å²) in [6.07, 6.45) is 0.927. The number of pyridine rings is 1. The summed E-state index contributed by atoms with van der Waals surface area (Å²) in [6, 6.07) is 3.73. The molecule has 6 heteroatoms. The van der Waals surface area contributed by atoms with Gasteiger partial charge in [-0.3, -0.25) is 0 Å². The van der Waals surface area contributed by atoms with Crippen molar-refractivity contribution in [3.8, 4) is 5.88 Å². The van der Waals surface area contributed by atoms with E-state index in [4.69, 9.17) is 19.9 Å². The standard InChI is InChI=1S/C14H25N3O3/c1-4-20-14-12(15)6-7-13(16-14)17(9-11-19-3)8-5-10-18-2/h6-7H,4-5,8-11,15H2,1-3H3. The first kappa shape index (κ1) is 16.5. The van der Waals surface area contributed by atoms with Gasteiger partial charge in [-0.05, 0) is 25.5 Å². The number of rotatable bonds is 10. The largest absolute Gasteiger partial charge is 0.476 e. The third-order valence-electron chi connectivity index (χ3n) is 2.82. The highest BCUT2D eigenvalue weighted by atomic mass is 16.5. The van der Waals surface area contributed by atoms with Gasteiger partial charge in [0.05, 0.1) is 18.9 Å². The van der Waals surface area contributed by atoms with Gasteiger partial charge in [0.25, 0.3) is 0 Å². The molecule has 1 heterocycles. The van der Waals surface area contributed by atoms with E-state index >= 15 is 0 Å². The summed E-state index contributed by atoms with van der Waals surface area (Å²) in [5, 5.41) is 0. The lowest BCUT2D eigenvalue weighted by Gasteiger charge is -2.24. The molecule has 1 aromatic rings. The highest BCUT2D eigenvalue weighted by Crippen LogP contribution is 2.23. The molecule has 0 amide bonds. The van der Waals surface area contributed by atoms with Crippen molar-refractivity contribution in [3.05, 3.63) is 12.1 Å². The molecule has 114 valence electrons. The van der Waals surface area contributed by atoms with Crippen LogP contribution in [0.15, 0.2) is 12.1 Å². The molecule has 0 atom stereocenters. The number of hydrogen-bond acceptors (Lipinski definition) is 6. The zero-order valence-corrected chi connectivity index (χ0v) is 12.6. The van der Waals surface area contributed by atoms with Crippen molar-refractivity contribution in [3.63, 3.8) is 0 Å². The number of nitrogens with two attached hydrogens (primary N) is 1. The smallest absolute Gasteiger partial charge is 0.239 e. The molecule has 0 unspecified atom stereocenters. The molecule has 0 aliphatic carbocycles. The van der Waals surface area contributed by atoms with Crippen LogP contribution in [-0.2, 0) is 9.47 Å². The maximum atomic E-state index is 5.85. The predicted molar refractivity (Wildman–Crippen MR) is 80.4 cm³/mol. The maximum Gasteiger partial charge on any atom is 0.239 e. The second kappa shape index (κ2) is 9.39. The summed E-state index contributed by atoms with van der Waals surface area (Å²) in [7, 11) is 3.39. The second-order valence-corrected chi connectivity index (χ2v) is 4.32. The van der Waals surface area contributed by atoms with Gasteiger partial charge >= 0.3 is 0 Å². The maximum absolute atomic E-state index is 5.85. The Morgan fingerprint density at radius 1 is 1.15 bits per heavy atom. The summed E-state index contributed by atoms with van der Waals surface area (Å²) in [4.78, 5) is 6.62. The van der Waals surface area contributed by atoms with Crippen LogP contribution in [0.1, 0.15) is 13.3 Å². The van der Waals surface area contributed by atoms with Crippen molar-refractivity contribution in [1.82, 2.24) is 4.98 Å². The van der Waals surface area contributed by atoms with E-state index in [1.54, 1.807) is 14.2 Å². The lowest BCUT2D eigenvalue weighted by molar-refractivity contribution is 0.191. The third kappa shape index (κ3) is 5.22. The van der Waals surface area contributed by atoms with Crippen LogP contribution >= 0.6 is 0 Å². The molecule has 0 radical (unpaired) electrons. The van der Waals surface area contributed by atoms with Crippen LogP contribution in [0.4, 0.5) is 11.5 Å². The highest BCUT2D eigenvalue weighted by Gasteiger charge is 2.11. The molecular weight excluding hydrogens is 258 g/mol. The molecule has 6 nitrogen and oxygen atoms in total. The van der Waals surface area contributed by atoms with E-state index in [1.165, 1.54) is 0 Å². The Bertz CT molecular complexity index is 388. The van der Waals surface area contributed by atoms with Crippen molar-refractivity contribution in [1.29, 1.82) is 0 Å². The highest BCUT2D eigenvalue weighted by molar-refractivity contribution is 5.54. The van der Waals surface area contributed by atoms with E-state index in [0.717, 1.165) is 31.9 Å². The Hall–Kier alpha value is -1.53. The van der Waals surface area contributed by atoms with E-state index in [9.17, 15) is 0 Å². The molecule has 2 N–H and O–H groups in total. The molecular formula is C14H25N3O3. The van der Waals surface area contributed by atoms with Crippen molar-refractivity contribution in [2.45, 2.75) is 13.3 Å². The minimum Gasteiger partial charge on any atom is -0.476 e. The van der Waals surface area contributed by atoms with Gasteiger partial charge in [-0.2, -0.15) is 4.98 Å². The molecule has 0 bridgehead atoms. The predicted octanol–water partition coefficient (Wildman–Crippen LogP) is 1.55. The summed E-state index contributed by atoms with van der Waals surface area (Å²) in [6.45, 7) is 5.43.